The average molecular weight is 199 g/mol. The molecule has 1 aromatic rings. The van der Waals surface area contributed by atoms with Crippen LogP contribution in [0.25, 0.3) is 0 Å². The Morgan fingerprint density at radius 1 is 1.57 bits per heavy atom. The lowest BCUT2D eigenvalue weighted by Gasteiger charge is -1.97. The lowest BCUT2D eigenvalue weighted by molar-refractivity contribution is -0.136. The Morgan fingerprint density at radius 3 is 2.79 bits per heavy atom. The van der Waals surface area contributed by atoms with E-state index in [1.54, 1.807) is 6.92 Å². The van der Waals surface area contributed by atoms with Crippen LogP contribution in [-0.4, -0.2) is 22.7 Å². The number of aliphatic carboxylic acids is 1. The van der Waals surface area contributed by atoms with Crippen molar-refractivity contribution in [2.75, 3.05) is 6.61 Å². The molecule has 0 saturated carbocycles. The van der Waals surface area contributed by atoms with Crippen LogP contribution in [0.4, 0.5) is 0 Å². The summed E-state index contributed by atoms with van der Waals surface area (Å²) in [5.41, 5.74) is 0.358. The number of carboxylic acid groups (broad SMARTS) is 1. The maximum atomic E-state index is 10.5. The number of ether oxygens (including phenoxy) is 1. The van der Waals surface area contributed by atoms with E-state index in [1.165, 1.54) is 0 Å². The molecule has 0 aromatic carbocycles. The summed E-state index contributed by atoms with van der Waals surface area (Å²) in [4.78, 5) is 14.5. The van der Waals surface area contributed by atoms with Crippen molar-refractivity contribution in [2.45, 2.75) is 26.7 Å². The molecule has 0 fully saturated rings. The molecular weight excluding hydrogens is 186 g/mol. The van der Waals surface area contributed by atoms with Crippen molar-refractivity contribution in [1.82, 2.24) is 4.98 Å². The smallest absolute Gasteiger partial charge is 0.309 e. The Balaban J connectivity index is 2.87. The Kier molecular flexibility index (Phi) is 3.50. The van der Waals surface area contributed by atoms with E-state index in [9.17, 15) is 4.79 Å². The van der Waals surface area contributed by atoms with E-state index in [1.807, 2.05) is 6.92 Å². The van der Waals surface area contributed by atoms with Crippen molar-refractivity contribution in [1.29, 1.82) is 0 Å². The molecule has 1 rings (SSSR count). The highest BCUT2D eigenvalue weighted by molar-refractivity contribution is 5.70. The largest absolute Gasteiger partial charge is 0.481 e. The standard InChI is InChI=1S/C9H13NO4/c1-3-7-10-6(5-8(11)12)9(14-7)13-4-2/h3-5H2,1-2H3,(H,11,12). The second-order valence-corrected chi connectivity index (χ2v) is 2.70. The van der Waals surface area contributed by atoms with Crippen LogP contribution in [0.5, 0.6) is 5.95 Å². The summed E-state index contributed by atoms with van der Waals surface area (Å²) in [5.74, 6) is -0.210. The van der Waals surface area contributed by atoms with E-state index in [2.05, 4.69) is 4.98 Å². The van der Waals surface area contributed by atoms with Gasteiger partial charge >= 0.3 is 11.9 Å². The summed E-state index contributed by atoms with van der Waals surface area (Å²) in [6, 6.07) is 0. The predicted molar refractivity (Wildman–Crippen MR) is 48.4 cm³/mol. The maximum Gasteiger partial charge on any atom is 0.309 e. The van der Waals surface area contributed by atoms with Crippen molar-refractivity contribution in [2.24, 2.45) is 0 Å². The van der Waals surface area contributed by atoms with Gasteiger partial charge in [-0.15, -0.1) is 0 Å². The summed E-state index contributed by atoms with van der Waals surface area (Å²) in [5, 5.41) is 8.60. The lowest BCUT2D eigenvalue weighted by Crippen LogP contribution is -2.03. The van der Waals surface area contributed by atoms with Crippen molar-refractivity contribution < 1.29 is 19.1 Å². The molecule has 5 heteroatoms. The van der Waals surface area contributed by atoms with E-state index >= 15 is 0 Å². The Hall–Kier alpha value is -1.52. The second-order valence-electron chi connectivity index (χ2n) is 2.70. The molecule has 0 aliphatic rings. The number of oxazole rings is 1. The number of hydrogen-bond donors (Lipinski definition) is 1. The molecule has 0 amide bonds. The van der Waals surface area contributed by atoms with Crippen molar-refractivity contribution in [3.05, 3.63) is 11.6 Å². The Labute approximate surface area is 81.7 Å². The van der Waals surface area contributed by atoms with Gasteiger partial charge in [-0.1, -0.05) is 6.92 Å². The summed E-state index contributed by atoms with van der Waals surface area (Å²) in [6.07, 6.45) is 0.457. The number of aromatic nitrogens is 1. The van der Waals surface area contributed by atoms with Gasteiger partial charge in [0.2, 0.25) is 0 Å². The van der Waals surface area contributed by atoms with Crippen LogP contribution in [0.15, 0.2) is 4.42 Å². The summed E-state index contributed by atoms with van der Waals surface area (Å²) in [6.45, 7) is 4.12. The van der Waals surface area contributed by atoms with Crippen LogP contribution in [0.3, 0.4) is 0 Å². The van der Waals surface area contributed by atoms with Gasteiger partial charge in [-0.05, 0) is 6.92 Å². The zero-order valence-electron chi connectivity index (χ0n) is 8.24. The number of carboxylic acids is 1. The van der Waals surface area contributed by atoms with Gasteiger partial charge in [0.1, 0.15) is 5.69 Å². The Bertz CT molecular complexity index is 319. The molecule has 78 valence electrons. The number of hydrogen-bond acceptors (Lipinski definition) is 4. The van der Waals surface area contributed by atoms with Gasteiger partial charge in [0.15, 0.2) is 5.89 Å². The molecule has 0 atom stereocenters. The molecule has 1 heterocycles. The van der Waals surface area contributed by atoms with Gasteiger partial charge in [-0.2, -0.15) is 0 Å². The van der Waals surface area contributed by atoms with Crippen molar-refractivity contribution in [3.8, 4) is 5.95 Å². The molecule has 0 aliphatic heterocycles. The fraction of sp³-hybridized carbons (Fsp3) is 0.556. The van der Waals surface area contributed by atoms with E-state index in [4.69, 9.17) is 14.3 Å². The molecule has 0 spiro atoms. The molecule has 0 aliphatic carbocycles. The molecule has 1 aromatic heterocycles. The van der Waals surface area contributed by atoms with Crippen LogP contribution in [0.1, 0.15) is 25.4 Å². The SMILES string of the molecule is CCOc1oc(CC)nc1CC(=O)O. The van der Waals surface area contributed by atoms with Crippen LogP contribution in [0.2, 0.25) is 0 Å². The van der Waals surface area contributed by atoms with Crippen LogP contribution in [0, 0.1) is 0 Å². The third-order valence-electron chi connectivity index (χ3n) is 1.60. The van der Waals surface area contributed by atoms with Gasteiger partial charge in [0, 0.05) is 6.42 Å². The fourth-order valence-electron chi connectivity index (χ4n) is 1.03. The number of nitrogens with zero attached hydrogens (tertiary/aromatic N) is 1. The van der Waals surface area contributed by atoms with Crippen LogP contribution >= 0.6 is 0 Å². The Morgan fingerprint density at radius 2 is 2.29 bits per heavy atom. The van der Waals surface area contributed by atoms with Gasteiger partial charge in [0.25, 0.3) is 0 Å². The van der Waals surface area contributed by atoms with Crippen molar-refractivity contribution >= 4 is 5.97 Å². The fourth-order valence-corrected chi connectivity index (χ4v) is 1.03. The minimum atomic E-state index is -0.943. The van der Waals surface area contributed by atoms with Gasteiger partial charge in [-0.3, -0.25) is 4.79 Å². The average Bonchev–Trinajstić information content (AvgIpc) is 2.48. The first-order valence-electron chi connectivity index (χ1n) is 4.50. The molecule has 5 nitrogen and oxygen atoms in total. The monoisotopic (exact) mass is 199 g/mol. The van der Waals surface area contributed by atoms with Gasteiger partial charge in [-0.25, -0.2) is 4.98 Å². The third-order valence-corrected chi connectivity index (χ3v) is 1.60. The molecule has 0 radical (unpaired) electrons. The number of carbonyl (C=O) groups is 1. The number of aryl methyl sites for hydroxylation is 1. The molecule has 1 N–H and O–H groups in total. The third kappa shape index (κ3) is 2.48. The highest BCUT2D eigenvalue weighted by Crippen LogP contribution is 2.20. The molecule has 0 bridgehead atoms. The highest BCUT2D eigenvalue weighted by atomic mass is 16.6. The molecular formula is C9H13NO4. The summed E-state index contributed by atoms with van der Waals surface area (Å²) >= 11 is 0. The zero-order chi connectivity index (χ0) is 10.6. The van der Waals surface area contributed by atoms with E-state index < -0.39 is 5.97 Å². The maximum absolute atomic E-state index is 10.5. The number of rotatable bonds is 5. The first-order chi connectivity index (χ1) is 6.67. The zero-order valence-corrected chi connectivity index (χ0v) is 8.24. The highest BCUT2D eigenvalue weighted by Gasteiger charge is 2.15. The van der Waals surface area contributed by atoms with Gasteiger partial charge < -0.3 is 14.3 Å². The summed E-state index contributed by atoms with van der Waals surface area (Å²) in [7, 11) is 0. The second kappa shape index (κ2) is 4.64. The topological polar surface area (TPSA) is 72.6 Å². The summed E-state index contributed by atoms with van der Waals surface area (Å²) < 4.78 is 10.3. The molecule has 14 heavy (non-hydrogen) atoms. The predicted octanol–water partition coefficient (Wildman–Crippen LogP) is 1.26. The van der Waals surface area contributed by atoms with Crippen LogP contribution in [-0.2, 0) is 17.6 Å². The first-order valence-corrected chi connectivity index (χ1v) is 4.50. The van der Waals surface area contributed by atoms with Gasteiger partial charge in [0.05, 0.1) is 13.0 Å². The normalized spacial score (nSPS) is 10.1. The first kappa shape index (κ1) is 10.6. The van der Waals surface area contributed by atoms with Crippen LogP contribution < -0.4 is 4.74 Å². The quantitative estimate of drug-likeness (QED) is 0.772. The van der Waals surface area contributed by atoms with E-state index in [0.717, 1.165) is 0 Å². The molecule has 0 saturated heterocycles. The minimum Gasteiger partial charge on any atom is -0.481 e. The lowest BCUT2D eigenvalue weighted by atomic mass is 10.3. The minimum absolute atomic E-state index is 0.168. The van der Waals surface area contributed by atoms with E-state index in [0.29, 0.717) is 24.6 Å². The molecule has 0 unspecified atom stereocenters. The van der Waals surface area contributed by atoms with Crippen molar-refractivity contribution in [3.63, 3.8) is 0 Å². The van der Waals surface area contributed by atoms with E-state index in [-0.39, 0.29) is 12.4 Å².